The number of benzene rings is 1. The van der Waals surface area contributed by atoms with Crippen LogP contribution in [0.15, 0.2) is 30.9 Å². The summed E-state index contributed by atoms with van der Waals surface area (Å²) in [5, 5.41) is -0.649. The van der Waals surface area contributed by atoms with Gasteiger partial charge in [0.1, 0.15) is 17.5 Å². The number of halogens is 1. The van der Waals surface area contributed by atoms with Crippen molar-refractivity contribution in [2.24, 2.45) is 17.3 Å². The largest absolute Gasteiger partial charge is 0.460 e. The first kappa shape index (κ1) is 39.9. The van der Waals surface area contributed by atoms with Gasteiger partial charge in [0, 0.05) is 38.5 Å². The molecule has 0 bridgehead atoms. The number of nitrogens with one attached hydrogen (secondary N) is 1. The number of hydrogen-bond acceptors (Lipinski definition) is 10. The minimum Gasteiger partial charge on any atom is -0.460 e. The van der Waals surface area contributed by atoms with E-state index in [-0.39, 0.29) is 51.4 Å². The van der Waals surface area contributed by atoms with Crippen LogP contribution in [-0.2, 0) is 56.6 Å². The van der Waals surface area contributed by atoms with Gasteiger partial charge in [-0.2, -0.15) is 0 Å². The molecule has 1 N–H and O–H groups in total. The molecule has 2 saturated carbocycles. The Morgan fingerprint density at radius 3 is 2.43 bits per heavy atom. The number of ketones is 1. The van der Waals surface area contributed by atoms with Crippen LogP contribution in [0, 0.1) is 23.1 Å². The highest BCUT2D eigenvalue weighted by Crippen LogP contribution is 2.58. The van der Waals surface area contributed by atoms with Gasteiger partial charge in [-0.05, 0) is 63.7 Å². The third kappa shape index (κ3) is 9.07. The Hall–Kier alpha value is -4.34. The zero-order valence-electron chi connectivity index (χ0n) is 30.9. The van der Waals surface area contributed by atoms with E-state index in [2.05, 4.69) is 11.3 Å². The molecule has 1 saturated heterocycles. The van der Waals surface area contributed by atoms with Crippen LogP contribution in [-0.4, -0.2) is 102 Å². The molecule has 0 spiro atoms. The highest BCUT2D eigenvalue weighted by molar-refractivity contribution is 7.90. The lowest BCUT2D eigenvalue weighted by atomic mass is 9.90. The van der Waals surface area contributed by atoms with Crippen LogP contribution in [0.5, 0.6) is 0 Å². The van der Waals surface area contributed by atoms with Crippen LogP contribution in [0.2, 0.25) is 0 Å². The number of nitrogens with zero attached hydrogens (tertiary/aromatic N) is 3. The molecule has 16 heteroatoms. The van der Waals surface area contributed by atoms with E-state index < -0.39 is 92.2 Å². The Kier molecular flexibility index (Phi) is 11.4. The van der Waals surface area contributed by atoms with Gasteiger partial charge < -0.3 is 19.3 Å². The number of likely N-dealkylation sites (N-methyl/N-ethyl adjacent to an activating group) is 1. The number of fused-ring (bicyclic) bond motifs is 1. The number of likely N-dealkylation sites (tertiary alicyclic amines) is 1. The lowest BCUT2D eigenvalue weighted by molar-refractivity contribution is -0.159. The van der Waals surface area contributed by atoms with Crippen molar-refractivity contribution in [3.8, 4) is 0 Å². The van der Waals surface area contributed by atoms with E-state index in [1.165, 1.54) is 27.8 Å². The molecule has 4 aliphatic rings. The summed E-state index contributed by atoms with van der Waals surface area (Å²) in [6.45, 7) is 9.92. The Morgan fingerprint density at radius 1 is 1.15 bits per heavy atom. The molecule has 0 radical (unpaired) electrons. The second-order valence-corrected chi connectivity index (χ2v) is 17.6. The smallest absolute Gasteiger partial charge is 0.410 e. The average Bonchev–Trinajstić information content (AvgIpc) is 3.97. The van der Waals surface area contributed by atoms with Gasteiger partial charge in [-0.15, -0.1) is 0 Å². The molecule has 3 fully saturated rings. The summed E-state index contributed by atoms with van der Waals surface area (Å²) in [4.78, 5) is 84.8. The topological polar surface area (TPSA) is 177 Å². The number of ether oxygens (including phenoxy) is 2. The van der Waals surface area contributed by atoms with Gasteiger partial charge in [0.25, 0.3) is 0 Å². The van der Waals surface area contributed by atoms with Crippen LogP contribution in [0.25, 0.3) is 0 Å². The molecule has 1 aromatic carbocycles. The first-order valence-corrected chi connectivity index (χ1v) is 19.5. The lowest BCUT2D eigenvalue weighted by Gasteiger charge is -2.31. The van der Waals surface area contributed by atoms with Gasteiger partial charge in [0.05, 0.1) is 42.1 Å². The van der Waals surface area contributed by atoms with Gasteiger partial charge in [-0.25, -0.2) is 17.6 Å². The van der Waals surface area contributed by atoms with Gasteiger partial charge >= 0.3 is 12.1 Å². The van der Waals surface area contributed by atoms with E-state index in [9.17, 15) is 41.6 Å². The fourth-order valence-corrected chi connectivity index (χ4v) is 8.78. The second kappa shape index (κ2) is 15.2. The zero-order valence-corrected chi connectivity index (χ0v) is 31.7. The molecule has 5 atom stereocenters. The maximum absolute atomic E-state index is 14.4. The molecule has 5 rings (SSSR count). The molecule has 1 unspecified atom stereocenters. The number of carbonyl (C=O) groups is 6. The van der Waals surface area contributed by atoms with Gasteiger partial charge in [0.15, 0.2) is 5.78 Å². The second-order valence-electron chi connectivity index (χ2n) is 15.7. The Labute approximate surface area is 309 Å². The summed E-state index contributed by atoms with van der Waals surface area (Å²) in [7, 11) is -2.46. The minimum atomic E-state index is -3.89. The van der Waals surface area contributed by atoms with E-state index in [1.54, 1.807) is 32.9 Å². The molecule has 14 nitrogen and oxygen atoms in total. The standard InChI is InChI=1S/C37H49FN4O10S/c1-7-24-16-37(24,34(47)39-53(49,50)26-12-13-26)17-30(43)29-15-25(51-35(48)41-19-22-10-9-11-28(38)27(22)21-41)20-42(29)33(46)23(18-40(6)31(44)8-2)14-32(45)52-36(3,4)5/h8-11,23-26,29H,2,7,12-21H2,1,3-6H3,(H,39,47)/t23-,24+,25+,29?,37+/m0/s1. The van der Waals surface area contributed by atoms with Gasteiger partial charge in [-0.3, -0.25) is 33.6 Å². The average molecular weight is 761 g/mol. The van der Waals surface area contributed by atoms with Crippen LogP contribution in [0.3, 0.4) is 0 Å². The van der Waals surface area contributed by atoms with Crippen molar-refractivity contribution in [3.05, 3.63) is 47.8 Å². The summed E-state index contributed by atoms with van der Waals surface area (Å²) in [6, 6.07) is 3.34. The van der Waals surface area contributed by atoms with Crippen molar-refractivity contribution in [1.29, 1.82) is 0 Å². The molecule has 4 amide bonds. The van der Waals surface area contributed by atoms with Crippen molar-refractivity contribution in [2.75, 3.05) is 20.1 Å². The summed E-state index contributed by atoms with van der Waals surface area (Å²) in [5.74, 6) is -5.08. The molecule has 2 aliphatic heterocycles. The van der Waals surface area contributed by atoms with Crippen molar-refractivity contribution in [2.45, 2.75) is 109 Å². The number of esters is 1. The van der Waals surface area contributed by atoms with E-state index >= 15 is 0 Å². The predicted octanol–water partition coefficient (Wildman–Crippen LogP) is 3.22. The number of rotatable bonds is 14. The lowest BCUT2D eigenvalue weighted by Crippen LogP contribution is -2.48. The Balaban J connectivity index is 1.40. The molecular weight excluding hydrogens is 711 g/mol. The summed E-state index contributed by atoms with van der Waals surface area (Å²) >= 11 is 0. The molecule has 0 aromatic heterocycles. The van der Waals surface area contributed by atoms with E-state index in [0.717, 1.165) is 6.08 Å². The van der Waals surface area contributed by atoms with E-state index in [1.807, 2.05) is 6.92 Å². The highest BCUT2D eigenvalue weighted by Gasteiger charge is 2.61. The molecule has 2 aliphatic carbocycles. The Morgan fingerprint density at radius 2 is 1.85 bits per heavy atom. The quantitative estimate of drug-likeness (QED) is 0.219. The van der Waals surface area contributed by atoms with E-state index in [0.29, 0.717) is 30.4 Å². The molecule has 53 heavy (non-hydrogen) atoms. The maximum Gasteiger partial charge on any atom is 0.410 e. The van der Waals surface area contributed by atoms with Crippen LogP contribution < -0.4 is 4.72 Å². The molecular formula is C37H49FN4O10S. The third-order valence-electron chi connectivity index (χ3n) is 10.5. The number of sulfonamides is 1. The molecule has 2 heterocycles. The number of Topliss-reactive ketones (excluding diaryl/α,β-unsaturated/α-hetero) is 1. The maximum atomic E-state index is 14.4. The number of carbonyl (C=O) groups excluding carboxylic acids is 6. The van der Waals surface area contributed by atoms with Gasteiger partial charge in [-0.1, -0.05) is 32.1 Å². The van der Waals surface area contributed by atoms with Crippen LogP contribution >= 0.6 is 0 Å². The van der Waals surface area contributed by atoms with Crippen molar-refractivity contribution in [3.63, 3.8) is 0 Å². The number of hydrogen-bond donors (Lipinski definition) is 1. The SMILES string of the molecule is C=CC(=O)N(C)C[C@H](CC(=O)OC(C)(C)C)C(=O)N1C[C@H](OC(=O)N2Cc3cccc(F)c3C2)CC1C(=O)C[C@]1(C(=O)NS(=O)(=O)C2CC2)C[C@H]1CC. The van der Waals surface area contributed by atoms with Crippen molar-refractivity contribution < 1.29 is 51.0 Å². The molecule has 290 valence electrons. The summed E-state index contributed by atoms with van der Waals surface area (Å²) in [6.07, 6.45) is 0.0339. The first-order valence-electron chi connectivity index (χ1n) is 18.0. The predicted molar refractivity (Wildman–Crippen MR) is 188 cm³/mol. The third-order valence-corrected chi connectivity index (χ3v) is 12.3. The number of amides is 4. The zero-order chi connectivity index (χ0) is 39.0. The summed E-state index contributed by atoms with van der Waals surface area (Å²) in [5.41, 5.74) is -1.18. The first-order chi connectivity index (χ1) is 24.8. The van der Waals surface area contributed by atoms with Gasteiger partial charge in [0.2, 0.25) is 27.7 Å². The fourth-order valence-electron chi connectivity index (χ4n) is 7.40. The van der Waals surface area contributed by atoms with Crippen molar-refractivity contribution >= 4 is 45.6 Å². The summed E-state index contributed by atoms with van der Waals surface area (Å²) < 4.78 is 53.3. The van der Waals surface area contributed by atoms with E-state index in [4.69, 9.17) is 9.47 Å². The normalized spacial score (nSPS) is 24.2. The molecule has 1 aromatic rings. The Bertz CT molecular complexity index is 1790. The monoisotopic (exact) mass is 760 g/mol. The van der Waals surface area contributed by atoms with Crippen molar-refractivity contribution in [1.82, 2.24) is 19.4 Å². The highest BCUT2D eigenvalue weighted by atomic mass is 32.2. The van der Waals surface area contributed by atoms with Crippen LogP contribution in [0.4, 0.5) is 9.18 Å². The van der Waals surface area contributed by atoms with Crippen LogP contribution in [0.1, 0.15) is 83.8 Å². The minimum absolute atomic E-state index is 0.0278. The fraction of sp³-hybridized carbons (Fsp3) is 0.622.